The largest absolute Gasteiger partial charge is 0.493 e. The summed E-state index contributed by atoms with van der Waals surface area (Å²) < 4.78 is 24.1. The van der Waals surface area contributed by atoms with E-state index in [-0.39, 0.29) is 0 Å². The van der Waals surface area contributed by atoms with Gasteiger partial charge in [0.1, 0.15) is 18.8 Å². The standard InChI is InChI=1S/C26H26BrN3O4/c1-4-32-24-13-19-21(14-25(24)33-5-2)28-16-29-26(19)30-18-10-11-22(23(12-18)31-3)34-15-17-8-6-7-9-20(17)27/h6-14,16H,4-5,15H2,1-3H3,(H,28,29,30). The van der Waals surface area contributed by atoms with Crippen molar-refractivity contribution in [3.8, 4) is 23.0 Å². The van der Waals surface area contributed by atoms with Crippen LogP contribution >= 0.6 is 15.9 Å². The first-order valence-electron chi connectivity index (χ1n) is 11.0. The first kappa shape index (κ1) is 23.6. The van der Waals surface area contributed by atoms with E-state index in [4.69, 9.17) is 18.9 Å². The van der Waals surface area contributed by atoms with Crippen molar-refractivity contribution in [2.24, 2.45) is 0 Å². The van der Waals surface area contributed by atoms with Crippen molar-refractivity contribution in [2.75, 3.05) is 25.6 Å². The van der Waals surface area contributed by atoms with Crippen molar-refractivity contribution in [1.29, 1.82) is 0 Å². The van der Waals surface area contributed by atoms with E-state index in [1.807, 2.05) is 68.4 Å². The molecule has 0 radical (unpaired) electrons. The quantitative estimate of drug-likeness (QED) is 0.253. The van der Waals surface area contributed by atoms with Gasteiger partial charge in [-0.05, 0) is 38.1 Å². The third-order valence-electron chi connectivity index (χ3n) is 5.07. The molecule has 0 aliphatic carbocycles. The molecule has 0 unspecified atom stereocenters. The number of hydrogen-bond donors (Lipinski definition) is 1. The molecule has 1 N–H and O–H groups in total. The van der Waals surface area contributed by atoms with Crippen molar-refractivity contribution >= 4 is 38.3 Å². The summed E-state index contributed by atoms with van der Waals surface area (Å²) in [5, 5.41) is 4.18. The third kappa shape index (κ3) is 5.34. The van der Waals surface area contributed by atoms with Crippen LogP contribution in [0.1, 0.15) is 19.4 Å². The maximum Gasteiger partial charge on any atom is 0.163 e. The lowest BCUT2D eigenvalue weighted by molar-refractivity contribution is 0.284. The zero-order valence-electron chi connectivity index (χ0n) is 19.3. The molecule has 0 fully saturated rings. The van der Waals surface area contributed by atoms with Gasteiger partial charge < -0.3 is 24.3 Å². The molecule has 8 heteroatoms. The average Bonchev–Trinajstić information content (AvgIpc) is 2.85. The first-order valence-corrected chi connectivity index (χ1v) is 11.8. The molecule has 34 heavy (non-hydrogen) atoms. The number of methoxy groups -OCH3 is 1. The molecule has 0 atom stereocenters. The fourth-order valence-corrected chi connectivity index (χ4v) is 3.87. The minimum Gasteiger partial charge on any atom is -0.493 e. The molecule has 0 aliphatic heterocycles. The molecule has 4 rings (SSSR count). The average molecular weight is 524 g/mol. The minimum absolute atomic E-state index is 0.420. The van der Waals surface area contributed by atoms with Crippen LogP contribution in [0.25, 0.3) is 10.9 Å². The van der Waals surface area contributed by atoms with Gasteiger partial charge in [0.15, 0.2) is 23.0 Å². The van der Waals surface area contributed by atoms with E-state index in [0.717, 1.165) is 26.6 Å². The van der Waals surface area contributed by atoms with Gasteiger partial charge in [-0.25, -0.2) is 9.97 Å². The Balaban J connectivity index is 1.60. The smallest absolute Gasteiger partial charge is 0.163 e. The number of rotatable bonds is 10. The molecular formula is C26H26BrN3O4. The highest BCUT2D eigenvalue weighted by atomic mass is 79.9. The molecule has 176 valence electrons. The fourth-order valence-electron chi connectivity index (χ4n) is 3.47. The molecule has 7 nitrogen and oxygen atoms in total. The SMILES string of the molecule is CCOc1cc2ncnc(Nc3ccc(OCc4ccccc4Br)c(OC)c3)c2cc1OCC. The van der Waals surface area contributed by atoms with Crippen molar-refractivity contribution in [1.82, 2.24) is 9.97 Å². The Hall–Kier alpha value is -3.52. The maximum atomic E-state index is 6.01. The molecular weight excluding hydrogens is 498 g/mol. The van der Waals surface area contributed by atoms with Gasteiger partial charge in [0.2, 0.25) is 0 Å². The zero-order chi connectivity index (χ0) is 23.9. The topological polar surface area (TPSA) is 74.7 Å². The van der Waals surface area contributed by atoms with Crippen molar-refractivity contribution in [3.63, 3.8) is 0 Å². The molecule has 0 saturated heterocycles. The van der Waals surface area contributed by atoms with E-state index in [2.05, 4.69) is 31.2 Å². The molecule has 3 aromatic carbocycles. The Kier molecular flexibility index (Phi) is 7.69. The fraction of sp³-hybridized carbons (Fsp3) is 0.231. The summed E-state index contributed by atoms with van der Waals surface area (Å²) >= 11 is 3.55. The summed E-state index contributed by atoms with van der Waals surface area (Å²) in [5.74, 6) is 3.23. The summed E-state index contributed by atoms with van der Waals surface area (Å²) in [6.45, 7) is 5.36. The van der Waals surface area contributed by atoms with E-state index in [0.29, 0.717) is 48.6 Å². The van der Waals surface area contributed by atoms with Crippen LogP contribution in [0, 0.1) is 0 Å². The Labute approximate surface area is 207 Å². The minimum atomic E-state index is 0.420. The Morgan fingerprint density at radius 1 is 0.824 bits per heavy atom. The Morgan fingerprint density at radius 2 is 1.59 bits per heavy atom. The molecule has 4 aromatic rings. The third-order valence-corrected chi connectivity index (χ3v) is 5.84. The number of ether oxygens (including phenoxy) is 4. The number of hydrogen-bond acceptors (Lipinski definition) is 7. The van der Waals surface area contributed by atoms with Gasteiger partial charge in [0, 0.05) is 33.2 Å². The van der Waals surface area contributed by atoms with E-state index >= 15 is 0 Å². The number of fused-ring (bicyclic) bond motifs is 1. The summed E-state index contributed by atoms with van der Waals surface area (Å²) in [6.07, 6.45) is 1.52. The van der Waals surface area contributed by atoms with Crippen LogP contribution in [0.3, 0.4) is 0 Å². The number of aromatic nitrogens is 2. The molecule has 0 spiro atoms. The van der Waals surface area contributed by atoms with Gasteiger partial charge in [-0.1, -0.05) is 34.1 Å². The lowest BCUT2D eigenvalue weighted by Gasteiger charge is -2.15. The molecule has 0 bridgehead atoms. The summed E-state index contributed by atoms with van der Waals surface area (Å²) in [6, 6.07) is 17.4. The van der Waals surface area contributed by atoms with E-state index in [1.54, 1.807) is 7.11 Å². The van der Waals surface area contributed by atoms with Gasteiger partial charge in [-0.2, -0.15) is 0 Å². The van der Waals surface area contributed by atoms with Crippen molar-refractivity contribution in [2.45, 2.75) is 20.5 Å². The van der Waals surface area contributed by atoms with Crippen LogP contribution in [-0.2, 0) is 6.61 Å². The monoisotopic (exact) mass is 523 g/mol. The lowest BCUT2D eigenvalue weighted by atomic mass is 10.2. The number of nitrogens with zero attached hydrogens (tertiary/aromatic N) is 2. The van der Waals surface area contributed by atoms with Crippen LogP contribution in [0.4, 0.5) is 11.5 Å². The highest BCUT2D eigenvalue weighted by Crippen LogP contribution is 2.36. The van der Waals surface area contributed by atoms with Crippen LogP contribution in [-0.4, -0.2) is 30.3 Å². The van der Waals surface area contributed by atoms with Gasteiger partial charge in [0.05, 0.1) is 25.8 Å². The van der Waals surface area contributed by atoms with Crippen LogP contribution < -0.4 is 24.3 Å². The number of benzene rings is 3. The van der Waals surface area contributed by atoms with Gasteiger partial charge in [-0.15, -0.1) is 0 Å². The number of halogens is 1. The number of anilines is 2. The Bertz CT molecular complexity index is 1280. The van der Waals surface area contributed by atoms with E-state index in [9.17, 15) is 0 Å². The zero-order valence-corrected chi connectivity index (χ0v) is 20.9. The summed E-state index contributed by atoms with van der Waals surface area (Å²) in [5.41, 5.74) is 2.61. The molecule has 0 aliphatic rings. The van der Waals surface area contributed by atoms with E-state index < -0.39 is 0 Å². The second-order valence-corrected chi connectivity index (χ2v) is 8.13. The highest BCUT2D eigenvalue weighted by Gasteiger charge is 2.13. The maximum absolute atomic E-state index is 6.01. The van der Waals surface area contributed by atoms with Crippen molar-refractivity contribution < 1.29 is 18.9 Å². The van der Waals surface area contributed by atoms with Gasteiger partial charge >= 0.3 is 0 Å². The second kappa shape index (κ2) is 11.1. The molecule has 1 aromatic heterocycles. The number of nitrogens with one attached hydrogen (secondary N) is 1. The highest BCUT2D eigenvalue weighted by molar-refractivity contribution is 9.10. The second-order valence-electron chi connectivity index (χ2n) is 7.28. The van der Waals surface area contributed by atoms with Gasteiger partial charge in [0.25, 0.3) is 0 Å². The molecule has 1 heterocycles. The molecule has 0 amide bonds. The van der Waals surface area contributed by atoms with Crippen LogP contribution in [0.5, 0.6) is 23.0 Å². The van der Waals surface area contributed by atoms with Crippen LogP contribution in [0.15, 0.2) is 65.4 Å². The van der Waals surface area contributed by atoms with Crippen molar-refractivity contribution in [3.05, 3.63) is 71.0 Å². The van der Waals surface area contributed by atoms with E-state index in [1.165, 1.54) is 6.33 Å². The summed E-state index contributed by atoms with van der Waals surface area (Å²) in [7, 11) is 1.62. The summed E-state index contributed by atoms with van der Waals surface area (Å²) in [4.78, 5) is 8.85. The molecule has 0 saturated carbocycles. The predicted octanol–water partition coefficient (Wildman–Crippen LogP) is 6.52. The lowest BCUT2D eigenvalue weighted by Crippen LogP contribution is -2.02. The van der Waals surface area contributed by atoms with Crippen LogP contribution in [0.2, 0.25) is 0 Å². The first-order chi connectivity index (χ1) is 16.6. The predicted molar refractivity (Wildman–Crippen MR) is 137 cm³/mol. The normalized spacial score (nSPS) is 10.7. The van der Waals surface area contributed by atoms with Gasteiger partial charge in [-0.3, -0.25) is 0 Å². The Morgan fingerprint density at radius 3 is 2.32 bits per heavy atom.